The van der Waals surface area contributed by atoms with Crippen molar-refractivity contribution in [1.29, 1.82) is 0 Å². The first kappa shape index (κ1) is 27.0. The summed E-state index contributed by atoms with van der Waals surface area (Å²) in [6.45, 7) is 3.78. The van der Waals surface area contributed by atoms with Crippen LogP contribution in [-0.4, -0.2) is 50.5 Å². The summed E-state index contributed by atoms with van der Waals surface area (Å²) < 4.78 is 26.0. The lowest BCUT2D eigenvalue weighted by Crippen LogP contribution is -2.51. The van der Waals surface area contributed by atoms with Crippen LogP contribution in [0.25, 0.3) is 0 Å². The van der Waals surface area contributed by atoms with Gasteiger partial charge in [0.05, 0.1) is 17.0 Å². The number of sulfonamides is 1. The lowest BCUT2D eigenvalue weighted by molar-refractivity contribution is -0.139. The van der Waals surface area contributed by atoms with Crippen LogP contribution in [0.2, 0.25) is 10.0 Å². The molecule has 10 heteroatoms. The average molecular weight is 514 g/mol. The smallest absolute Gasteiger partial charge is 0.244 e. The van der Waals surface area contributed by atoms with Crippen LogP contribution in [-0.2, 0) is 26.2 Å². The number of hydrogen-bond donors (Lipinski definition) is 1. The van der Waals surface area contributed by atoms with Crippen molar-refractivity contribution in [1.82, 2.24) is 10.2 Å². The summed E-state index contributed by atoms with van der Waals surface area (Å²) in [6.07, 6.45) is 2.74. The highest BCUT2D eigenvalue weighted by Crippen LogP contribution is 2.30. The number of rotatable bonds is 11. The molecule has 0 heterocycles. The van der Waals surface area contributed by atoms with Gasteiger partial charge in [-0.05, 0) is 37.1 Å². The lowest BCUT2D eigenvalue weighted by Gasteiger charge is -2.31. The molecule has 2 aromatic carbocycles. The van der Waals surface area contributed by atoms with Crippen LogP contribution in [0.4, 0.5) is 5.69 Å². The molecule has 0 radical (unpaired) electrons. The fraction of sp³-hybridized carbons (Fsp3) is 0.391. The third kappa shape index (κ3) is 7.91. The van der Waals surface area contributed by atoms with Crippen molar-refractivity contribution in [2.24, 2.45) is 0 Å². The van der Waals surface area contributed by atoms with Crippen LogP contribution in [0.5, 0.6) is 0 Å². The Morgan fingerprint density at radius 3 is 2.33 bits per heavy atom. The second kappa shape index (κ2) is 12.3. The van der Waals surface area contributed by atoms with Crippen molar-refractivity contribution in [2.45, 2.75) is 39.3 Å². The second-order valence-electron chi connectivity index (χ2n) is 7.69. The van der Waals surface area contributed by atoms with Gasteiger partial charge in [0.2, 0.25) is 21.8 Å². The van der Waals surface area contributed by atoms with E-state index in [9.17, 15) is 18.0 Å². The summed E-state index contributed by atoms with van der Waals surface area (Å²) in [7, 11) is -3.86. The first-order valence-electron chi connectivity index (χ1n) is 10.6. The van der Waals surface area contributed by atoms with Gasteiger partial charge in [0.1, 0.15) is 12.6 Å². The zero-order chi connectivity index (χ0) is 24.6. The predicted molar refractivity (Wildman–Crippen MR) is 133 cm³/mol. The highest BCUT2D eigenvalue weighted by atomic mass is 35.5. The molecule has 0 fully saturated rings. The third-order valence-corrected chi connectivity index (χ3v) is 6.71. The number of nitrogens with zero attached hydrogens (tertiary/aromatic N) is 2. The molecule has 1 N–H and O–H groups in total. The van der Waals surface area contributed by atoms with E-state index in [2.05, 4.69) is 5.32 Å². The van der Waals surface area contributed by atoms with E-state index in [0.29, 0.717) is 11.6 Å². The zero-order valence-corrected chi connectivity index (χ0v) is 21.3. The van der Waals surface area contributed by atoms with Crippen LogP contribution < -0.4 is 9.62 Å². The molecule has 0 aromatic heterocycles. The Hall–Kier alpha value is -2.29. The molecule has 0 spiro atoms. The van der Waals surface area contributed by atoms with Gasteiger partial charge in [0.15, 0.2) is 0 Å². The monoisotopic (exact) mass is 513 g/mol. The summed E-state index contributed by atoms with van der Waals surface area (Å²) in [5.74, 6) is -0.836. The average Bonchev–Trinajstić information content (AvgIpc) is 2.75. The standard InChI is InChI=1S/C23H29Cl2N3O4S/c1-4-5-13-26-23(30)17(2)27(15-18-9-7-6-8-10-18)22(29)16-28(33(3,31)32)21-12-11-19(24)14-20(21)25/h6-12,14,17H,4-5,13,15-16H2,1-3H3,(H,26,30)/t17-/m0/s1. The van der Waals surface area contributed by atoms with Crippen LogP contribution in [0.1, 0.15) is 32.3 Å². The van der Waals surface area contributed by atoms with Gasteiger partial charge < -0.3 is 10.2 Å². The number of hydrogen-bond acceptors (Lipinski definition) is 4. The van der Waals surface area contributed by atoms with E-state index in [4.69, 9.17) is 23.2 Å². The fourth-order valence-corrected chi connectivity index (χ4v) is 4.60. The Morgan fingerprint density at radius 1 is 1.09 bits per heavy atom. The van der Waals surface area contributed by atoms with E-state index < -0.39 is 28.5 Å². The van der Waals surface area contributed by atoms with E-state index in [-0.39, 0.29) is 23.2 Å². The molecule has 0 aliphatic carbocycles. The van der Waals surface area contributed by atoms with Crippen LogP contribution in [0.3, 0.4) is 0 Å². The fourth-order valence-electron chi connectivity index (χ4n) is 3.18. The molecule has 33 heavy (non-hydrogen) atoms. The van der Waals surface area contributed by atoms with E-state index in [1.807, 2.05) is 37.3 Å². The maximum atomic E-state index is 13.4. The minimum absolute atomic E-state index is 0.0979. The Bertz CT molecular complexity index is 1060. The summed E-state index contributed by atoms with van der Waals surface area (Å²) in [5, 5.41) is 3.27. The van der Waals surface area contributed by atoms with Gasteiger partial charge >= 0.3 is 0 Å². The van der Waals surface area contributed by atoms with Crippen molar-refractivity contribution in [2.75, 3.05) is 23.7 Å². The van der Waals surface area contributed by atoms with Gasteiger partial charge in [-0.15, -0.1) is 0 Å². The number of nitrogens with one attached hydrogen (secondary N) is 1. The third-order valence-electron chi connectivity index (χ3n) is 5.05. The number of carbonyl (C=O) groups is 2. The SMILES string of the molecule is CCCCNC(=O)[C@H](C)N(Cc1ccccc1)C(=O)CN(c1ccc(Cl)cc1Cl)S(C)(=O)=O. The molecule has 2 rings (SSSR count). The molecular formula is C23H29Cl2N3O4S. The van der Waals surface area contributed by atoms with E-state index in [0.717, 1.165) is 29.0 Å². The quantitative estimate of drug-likeness (QED) is 0.458. The lowest BCUT2D eigenvalue weighted by atomic mass is 10.1. The largest absolute Gasteiger partial charge is 0.354 e. The van der Waals surface area contributed by atoms with Crippen molar-refractivity contribution in [3.8, 4) is 0 Å². The number of anilines is 1. The maximum Gasteiger partial charge on any atom is 0.244 e. The zero-order valence-electron chi connectivity index (χ0n) is 18.9. The molecular weight excluding hydrogens is 485 g/mol. The van der Waals surface area contributed by atoms with Crippen molar-refractivity contribution >= 4 is 50.7 Å². The number of amides is 2. The molecule has 0 unspecified atom stereocenters. The molecule has 7 nitrogen and oxygen atoms in total. The highest BCUT2D eigenvalue weighted by Gasteiger charge is 2.30. The number of halogens is 2. The summed E-state index contributed by atoms with van der Waals surface area (Å²) in [5.41, 5.74) is 0.950. The molecule has 2 aromatic rings. The summed E-state index contributed by atoms with van der Waals surface area (Å²) in [6, 6.07) is 12.7. The Labute approximate surface area is 205 Å². The molecule has 1 atom stereocenters. The van der Waals surface area contributed by atoms with E-state index in [1.54, 1.807) is 6.92 Å². The Kier molecular flexibility index (Phi) is 10.0. The molecule has 2 amide bonds. The summed E-state index contributed by atoms with van der Waals surface area (Å²) >= 11 is 12.2. The summed E-state index contributed by atoms with van der Waals surface area (Å²) in [4.78, 5) is 27.5. The van der Waals surface area contributed by atoms with Gasteiger partial charge in [0.25, 0.3) is 0 Å². The number of carbonyl (C=O) groups excluding carboxylic acids is 2. The normalized spacial score (nSPS) is 12.2. The molecule has 180 valence electrons. The van der Waals surface area contributed by atoms with Gasteiger partial charge in [-0.2, -0.15) is 0 Å². The maximum absolute atomic E-state index is 13.4. The van der Waals surface area contributed by atoms with Gasteiger partial charge in [-0.25, -0.2) is 8.42 Å². The topological polar surface area (TPSA) is 86.8 Å². The second-order valence-corrected chi connectivity index (χ2v) is 10.4. The van der Waals surface area contributed by atoms with Gasteiger partial charge in [-0.3, -0.25) is 13.9 Å². The molecule has 0 saturated carbocycles. The molecule has 0 aliphatic rings. The van der Waals surface area contributed by atoms with Crippen LogP contribution in [0.15, 0.2) is 48.5 Å². The molecule has 0 saturated heterocycles. The van der Waals surface area contributed by atoms with Crippen molar-refractivity contribution < 1.29 is 18.0 Å². The number of benzene rings is 2. The first-order valence-corrected chi connectivity index (χ1v) is 13.2. The minimum atomic E-state index is -3.86. The number of unbranched alkanes of at least 4 members (excludes halogenated alkanes) is 1. The van der Waals surface area contributed by atoms with Crippen molar-refractivity contribution in [3.63, 3.8) is 0 Å². The van der Waals surface area contributed by atoms with Gasteiger partial charge in [0, 0.05) is 18.1 Å². The predicted octanol–water partition coefficient (Wildman–Crippen LogP) is 4.09. The van der Waals surface area contributed by atoms with E-state index >= 15 is 0 Å². The van der Waals surface area contributed by atoms with Crippen LogP contribution >= 0.6 is 23.2 Å². The highest BCUT2D eigenvalue weighted by molar-refractivity contribution is 7.92. The van der Waals surface area contributed by atoms with E-state index in [1.165, 1.54) is 23.1 Å². The Balaban J connectivity index is 2.35. The molecule has 0 aliphatic heterocycles. The first-order chi connectivity index (χ1) is 15.5. The molecule has 0 bridgehead atoms. The van der Waals surface area contributed by atoms with Gasteiger partial charge in [-0.1, -0.05) is 66.9 Å². The van der Waals surface area contributed by atoms with Crippen molar-refractivity contribution in [3.05, 3.63) is 64.1 Å². The Morgan fingerprint density at radius 2 is 1.76 bits per heavy atom. The van der Waals surface area contributed by atoms with Crippen LogP contribution in [0, 0.1) is 0 Å². The minimum Gasteiger partial charge on any atom is -0.354 e.